The van der Waals surface area contributed by atoms with E-state index in [2.05, 4.69) is 0 Å². The van der Waals surface area contributed by atoms with Crippen molar-refractivity contribution in [3.8, 4) is 5.75 Å². The predicted octanol–water partition coefficient (Wildman–Crippen LogP) is 3.84. The Balaban J connectivity index is 1.43. The number of fused-ring (bicyclic) bond motifs is 2. The van der Waals surface area contributed by atoms with Crippen LogP contribution >= 0.6 is 11.6 Å². The predicted molar refractivity (Wildman–Crippen MR) is 163 cm³/mol. The largest absolute Gasteiger partial charge is 0.494 e. The lowest BCUT2D eigenvalue weighted by atomic mass is 9.77. The first-order chi connectivity index (χ1) is 20.7. The van der Waals surface area contributed by atoms with Crippen LogP contribution in [0.3, 0.4) is 0 Å². The molecule has 6 atom stereocenters. The molecule has 2 fully saturated rings. The summed E-state index contributed by atoms with van der Waals surface area (Å²) in [6, 6.07) is 12.5. The molecule has 3 amide bonds. The number of benzene rings is 2. The van der Waals surface area contributed by atoms with Crippen molar-refractivity contribution in [1.29, 1.82) is 0 Å². The van der Waals surface area contributed by atoms with Crippen LogP contribution in [0.5, 0.6) is 5.75 Å². The van der Waals surface area contributed by atoms with Gasteiger partial charge in [0.2, 0.25) is 11.8 Å². The molecule has 4 heterocycles. The third-order valence-electron chi connectivity index (χ3n) is 9.01. The topological polar surface area (TPSA) is 99.6 Å². The minimum atomic E-state index is -1.39. The fraction of sp³-hybridized carbons (Fsp3) is 0.424. The van der Waals surface area contributed by atoms with Gasteiger partial charge >= 0.3 is 0 Å². The molecule has 4 aliphatic rings. The molecule has 0 aromatic heterocycles. The van der Waals surface area contributed by atoms with E-state index in [1.54, 1.807) is 40.1 Å². The van der Waals surface area contributed by atoms with E-state index < -0.39 is 35.6 Å². The Labute approximate surface area is 256 Å². The van der Waals surface area contributed by atoms with Crippen LogP contribution in [0.25, 0.3) is 0 Å². The Morgan fingerprint density at radius 3 is 2.21 bits per heavy atom. The van der Waals surface area contributed by atoms with Crippen LogP contribution in [-0.4, -0.2) is 77.8 Å². The highest BCUT2D eigenvalue weighted by atomic mass is 35.5. The number of aliphatic hydroxyl groups is 1. The van der Waals surface area contributed by atoms with Crippen molar-refractivity contribution in [3.63, 3.8) is 0 Å². The number of amides is 3. The first-order valence-electron chi connectivity index (χ1n) is 14.8. The molecule has 43 heavy (non-hydrogen) atoms. The van der Waals surface area contributed by atoms with Crippen LogP contribution in [0.1, 0.15) is 20.8 Å². The fourth-order valence-corrected chi connectivity index (χ4v) is 7.15. The SMILES string of the molecule is CCOc1ccc(N2CC=C[C@H]3O[C@]45C=CCN(c6ccc(Cl)cc6)C(=O)C4N([C@@H](CO)C(C)C)C(=O)[C@@H]5[C@H]3C2=O)cc1. The van der Waals surface area contributed by atoms with Crippen molar-refractivity contribution < 1.29 is 29.0 Å². The number of aliphatic hydroxyl groups excluding tert-OH is 1. The summed E-state index contributed by atoms with van der Waals surface area (Å²) in [5.41, 5.74) is -0.0910. The highest BCUT2D eigenvalue weighted by Gasteiger charge is 2.72. The average molecular weight is 606 g/mol. The van der Waals surface area contributed by atoms with E-state index >= 15 is 0 Å². The van der Waals surface area contributed by atoms with Gasteiger partial charge in [-0.1, -0.05) is 49.8 Å². The molecule has 0 aliphatic carbocycles. The highest BCUT2D eigenvalue weighted by molar-refractivity contribution is 6.30. The van der Waals surface area contributed by atoms with Gasteiger partial charge in [-0.05, 0) is 61.4 Å². The summed E-state index contributed by atoms with van der Waals surface area (Å²) >= 11 is 6.13. The first kappa shape index (κ1) is 29.4. The Morgan fingerprint density at radius 2 is 1.58 bits per heavy atom. The van der Waals surface area contributed by atoms with Gasteiger partial charge in [0.25, 0.3) is 5.91 Å². The maximum atomic E-state index is 14.6. The zero-order chi connectivity index (χ0) is 30.5. The first-order valence-corrected chi connectivity index (χ1v) is 15.2. The number of nitrogens with zero attached hydrogens (tertiary/aromatic N) is 3. The highest BCUT2D eigenvalue weighted by Crippen LogP contribution is 2.54. The molecule has 6 rings (SSSR count). The van der Waals surface area contributed by atoms with E-state index in [-0.39, 0.29) is 36.8 Å². The van der Waals surface area contributed by atoms with Crippen LogP contribution in [0.15, 0.2) is 72.8 Å². The quantitative estimate of drug-likeness (QED) is 0.482. The maximum absolute atomic E-state index is 14.6. The van der Waals surface area contributed by atoms with E-state index in [0.717, 1.165) is 0 Å². The molecule has 1 N–H and O–H groups in total. The molecule has 1 spiro atoms. The van der Waals surface area contributed by atoms with E-state index in [1.165, 1.54) is 4.90 Å². The van der Waals surface area contributed by atoms with E-state index in [9.17, 15) is 19.5 Å². The summed E-state index contributed by atoms with van der Waals surface area (Å²) in [6.07, 6.45) is 6.65. The summed E-state index contributed by atoms with van der Waals surface area (Å²) in [7, 11) is 0. The molecule has 0 bridgehead atoms. The monoisotopic (exact) mass is 605 g/mol. The summed E-state index contributed by atoms with van der Waals surface area (Å²) < 4.78 is 12.3. The lowest BCUT2D eigenvalue weighted by molar-refractivity contribution is -0.145. The number of hydrogen-bond donors (Lipinski definition) is 1. The van der Waals surface area contributed by atoms with E-state index in [4.69, 9.17) is 21.1 Å². The van der Waals surface area contributed by atoms with Gasteiger partial charge in [0.1, 0.15) is 17.4 Å². The van der Waals surface area contributed by atoms with Gasteiger partial charge in [-0.15, -0.1) is 0 Å². The van der Waals surface area contributed by atoms with E-state index in [0.29, 0.717) is 35.3 Å². The number of anilines is 2. The van der Waals surface area contributed by atoms with Gasteiger partial charge in [0, 0.05) is 29.5 Å². The zero-order valence-electron chi connectivity index (χ0n) is 24.4. The number of hydrogen-bond acceptors (Lipinski definition) is 6. The second-order valence-electron chi connectivity index (χ2n) is 11.7. The number of rotatable bonds is 7. The van der Waals surface area contributed by atoms with Gasteiger partial charge in [-0.2, -0.15) is 0 Å². The number of carbonyl (C=O) groups excluding carboxylic acids is 3. The fourth-order valence-electron chi connectivity index (χ4n) is 7.03. The molecule has 1 unspecified atom stereocenters. The van der Waals surface area contributed by atoms with Gasteiger partial charge < -0.3 is 29.3 Å². The molecular weight excluding hydrogens is 570 g/mol. The van der Waals surface area contributed by atoms with Gasteiger partial charge in [0.15, 0.2) is 0 Å². The molecular formula is C33H36ClN3O6. The molecule has 9 nitrogen and oxygen atoms in total. The number of ether oxygens (including phenoxy) is 2. The molecule has 2 saturated heterocycles. The van der Waals surface area contributed by atoms with Gasteiger partial charge in [-0.25, -0.2) is 0 Å². The Hall–Kier alpha value is -3.66. The summed E-state index contributed by atoms with van der Waals surface area (Å²) in [5.74, 6) is -2.23. The Bertz CT molecular complexity index is 1460. The van der Waals surface area contributed by atoms with Crippen molar-refractivity contribution in [3.05, 3.63) is 77.9 Å². The van der Waals surface area contributed by atoms with Crippen LogP contribution in [0.2, 0.25) is 5.02 Å². The molecule has 0 radical (unpaired) electrons. The summed E-state index contributed by atoms with van der Waals surface area (Å²) in [4.78, 5) is 48.3. The minimum Gasteiger partial charge on any atom is -0.494 e. The van der Waals surface area contributed by atoms with Gasteiger partial charge in [0.05, 0.1) is 37.2 Å². The average Bonchev–Trinajstić information content (AvgIpc) is 3.30. The summed E-state index contributed by atoms with van der Waals surface area (Å²) in [6.45, 7) is 6.47. The second kappa shape index (κ2) is 11.4. The third kappa shape index (κ3) is 4.74. The van der Waals surface area contributed by atoms with Crippen LogP contribution < -0.4 is 14.5 Å². The second-order valence-corrected chi connectivity index (χ2v) is 12.1. The lowest BCUT2D eigenvalue weighted by Crippen LogP contribution is -2.59. The van der Waals surface area contributed by atoms with Crippen molar-refractivity contribution in [1.82, 2.24) is 4.90 Å². The normalized spacial score (nSPS) is 29.0. The van der Waals surface area contributed by atoms with Crippen molar-refractivity contribution >= 4 is 40.7 Å². The van der Waals surface area contributed by atoms with Crippen LogP contribution in [0.4, 0.5) is 11.4 Å². The molecule has 0 saturated carbocycles. The third-order valence-corrected chi connectivity index (χ3v) is 9.26. The zero-order valence-corrected chi connectivity index (χ0v) is 25.2. The standard InChI is InChI=1S/C33H36ClN3O6/c1-4-42-24-14-12-23(13-15-24)35-17-5-7-26-27(30(35)39)28-31(40)37(25(19-38)20(2)3)29-32(41)36(18-6-16-33(28,29)43-26)22-10-8-21(34)9-11-22/h5-16,20,25-29,38H,4,17-19H2,1-3H3/t25-,26+,27-,28-,29?,33-/m0/s1. The van der Waals surface area contributed by atoms with Crippen LogP contribution in [-0.2, 0) is 19.1 Å². The molecule has 2 aromatic carbocycles. The van der Waals surface area contributed by atoms with E-state index in [1.807, 2.05) is 63.3 Å². The van der Waals surface area contributed by atoms with Crippen molar-refractivity contribution in [2.45, 2.75) is 44.6 Å². The molecule has 4 aliphatic heterocycles. The maximum Gasteiger partial charge on any atom is 0.253 e. The number of halogens is 1. The van der Waals surface area contributed by atoms with Crippen molar-refractivity contribution in [2.24, 2.45) is 17.8 Å². The molecule has 226 valence electrons. The molecule has 10 heteroatoms. The molecule has 2 aromatic rings. The number of carbonyl (C=O) groups is 3. The summed E-state index contributed by atoms with van der Waals surface area (Å²) in [5, 5.41) is 11.0. The number of likely N-dealkylation sites (tertiary alicyclic amines) is 1. The smallest absolute Gasteiger partial charge is 0.253 e. The minimum absolute atomic E-state index is 0.158. The van der Waals surface area contributed by atoms with Gasteiger partial charge in [-0.3, -0.25) is 14.4 Å². The Kier molecular flexibility index (Phi) is 7.83. The van der Waals surface area contributed by atoms with Crippen LogP contribution in [0, 0.1) is 17.8 Å². The Morgan fingerprint density at radius 1 is 0.953 bits per heavy atom. The van der Waals surface area contributed by atoms with Crippen molar-refractivity contribution in [2.75, 3.05) is 36.1 Å². The lowest BCUT2D eigenvalue weighted by Gasteiger charge is -2.39.